The van der Waals surface area contributed by atoms with Gasteiger partial charge in [0.15, 0.2) is 11.0 Å². The van der Waals surface area contributed by atoms with E-state index in [9.17, 15) is 9.59 Å². The third-order valence-corrected chi connectivity index (χ3v) is 6.30. The molecule has 0 spiro atoms. The molecule has 0 radical (unpaired) electrons. The predicted octanol–water partition coefficient (Wildman–Crippen LogP) is 2.84. The summed E-state index contributed by atoms with van der Waals surface area (Å²) >= 11 is 1.39. The molecule has 2 amide bonds. The SMILES string of the molecule is CCOC(=O)N1CCN(C(=O)CSc2nnc(-c3c[nH]c4ccccc34)n2CC)CC1. The average Bonchev–Trinajstić information content (AvgIpc) is 3.41. The number of aromatic nitrogens is 4. The molecule has 10 heteroatoms. The Morgan fingerprint density at radius 2 is 1.84 bits per heavy atom. The molecule has 31 heavy (non-hydrogen) atoms. The number of fused-ring (bicyclic) bond motifs is 1. The molecule has 2 aromatic heterocycles. The molecule has 1 aromatic carbocycles. The zero-order valence-corrected chi connectivity index (χ0v) is 18.5. The van der Waals surface area contributed by atoms with Gasteiger partial charge in [-0.05, 0) is 19.9 Å². The van der Waals surface area contributed by atoms with E-state index in [0.717, 1.165) is 27.4 Å². The standard InChI is InChI=1S/C21H26N6O3S/c1-3-27-19(16-13-22-17-8-6-5-7-15(16)17)23-24-20(27)31-14-18(28)25-9-11-26(12-10-25)21(29)30-4-2/h5-8,13,22H,3-4,9-12,14H2,1-2H3. The van der Waals surface area contributed by atoms with Crippen molar-refractivity contribution in [1.29, 1.82) is 0 Å². The number of rotatable bonds is 6. The summed E-state index contributed by atoms with van der Waals surface area (Å²) in [5.41, 5.74) is 2.05. The van der Waals surface area contributed by atoms with Crippen LogP contribution in [0.3, 0.4) is 0 Å². The smallest absolute Gasteiger partial charge is 0.409 e. The fourth-order valence-corrected chi connectivity index (χ4v) is 4.61. The van der Waals surface area contributed by atoms with Crippen molar-refractivity contribution in [2.24, 2.45) is 0 Å². The lowest BCUT2D eigenvalue weighted by atomic mass is 10.1. The van der Waals surface area contributed by atoms with Gasteiger partial charge in [0.25, 0.3) is 0 Å². The Labute approximate surface area is 184 Å². The first-order valence-corrected chi connectivity index (χ1v) is 11.4. The Hall–Kier alpha value is -3.01. The van der Waals surface area contributed by atoms with Crippen molar-refractivity contribution in [3.63, 3.8) is 0 Å². The minimum Gasteiger partial charge on any atom is -0.450 e. The summed E-state index contributed by atoms with van der Waals surface area (Å²) < 4.78 is 7.06. The zero-order valence-electron chi connectivity index (χ0n) is 17.7. The quantitative estimate of drug-likeness (QED) is 0.590. The topological polar surface area (TPSA) is 96.3 Å². The summed E-state index contributed by atoms with van der Waals surface area (Å²) in [7, 11) is 0. The molecule has 9 nitrogen and oxygen atoms in total. The molecule has 4 rings (SSSR count). The zero-order chi connectivity index (χ0) is 21.8. The monoisotopic (exact) mass is 442 g/mol. The van der Waals surface area contributed by atoms with E-state index in [4.69, 9.17) is 4.74 Å². The second-order valence-electron chi connectivity index (χ2n) is 7.15. The lowest BCUT2D eigenvalue weighted by Crippen LogP contribution is -2.51. The van der Waals surface area contributed by atoms with Crippen LogP contribution in [0.4, 0.5) is 4.79 Å². The lowest BCUT2D eigenvalue weighted by Gasteiger charge is -2.34. The van der Waals surface area contributed by atoms with Crippen molar-refractivity contribution >= 4 is 34.7 Å². The molecular formula is C21H26N6O3S. The normalized spacial score (nSPS) is 14.3. The number of H-pyrrole nitrogens is 1. The Kier molecular flexibility index (Phi) is 6.45. The van der Waals surface area contributed by atoms with Gasteiger partial charge in [-0.25, -0.2) is 4.79 Å². The number of benzene rings is 1. The third kappa shape index (κ3) is 4.39. The number of nitrogens with one attached hydrogen (secondary N) is 1. The maximum absolute atomic E-state index is 12.7. The summed E-state index contributed by atoms with van der Waals surface area (Å²) in [4.78, 5) is 31.2. The molecule has 0 saturated carbocycles. The van der Waals surface area contributed by atoms with Crippen molar-refractivity contribution in [2.45, 2.75) is 25.5 Å². The van der Waals surface area contributed by atoms with E-state index in [-0.39, 0.29) is 17.8 Å². The second-order valence-corrected chi connectivity index (χ2v) is 8.10. The number of carbonyl (C=O) groups excluding carboxylic acids is 2. The maximum Gasteiger partial charge on any atom is 0.409 e. The fourth-order valence-electron chi connectivity index (χ4n) is 3.71. The van der Waals surface area contributed by atoms with Gasteiger partial charge in [-0.1, -0.05) is 30.0 Å². The molecule has 0 aliphatic carbocycles. The van der Waals surface area contributed by atoms with E-state index in [0.29, 0.717) is 39.3 Å². The summed E-state index contributed by atoms with van der Waals surface area (Å²) in [5.74, 6) is 1.11. The van der Waals surface area contributed by atoms with Crippen LogP contribution in [0, 0.1) is 0 Å². The number of aromatic amines is 1. The molecular weight excluding hydrogens is 416 g/mol. The number of hydrogen-bond donors (Lipinski definition) is 1. The number of para-hydroxylation sites is 1. The molecule has 3 aromatic rings. The first-order valence-electron chi connectivity index (χ1n) is 10.4. The van der Waals surface area contributed by atoms with Crippen LogP contribution in [-0.4, -0.2) is 80.1 Å². The average molecular weight is 443 g/mol. The Balaban J connectivity index is 1.39. The van der Waals surface area contributed by atoms with Crippen molar-refractivity contribution < 1.29 is 14.3 Å². The third-order valence-electron chi connectivity index (χ3n) is 5.35. The first-order chi connectivity index (χ1) is 15.1. The van der Waals surface area contributed by atoms with E-state index >= 15 is 0 Å². The molecule has 0 atom stereocenters. The molecule has 1 aliphatic heterocycles. The highest BCUT2D eigenvalue weighted by Gasteiger charge is 2.25. The van der Waals surface area contributed by atoms with Crippen molar-refractivity contribution in [3.05, 3.63) is 30.5 Å². The highest BCUT2D eigenvalue weighted by atomic mass is 32.2. The van der Waals surface area contributed by atoms with E-state index in [1.54, 1.807) is 16.7 Å². The highest BCUT2D eigenvalue weighted by molar-refractivity contribution is 7.99. The van der Waals surface area contributed by atoms with E-state index < -0.39 is 0 Å². The Morgan fingerprint density at radius 1 is 1.10 bits per heavy atom. The van der Waals surface area contributed by atoms with Gasteiger partial charge in [0.2, 0.25) is 5.91 Å². The molecule has 1 saturated heterocycles. The van der Waals surface area contributed by atoms with Crippen LogP contribution in [0.1, 0.15) is 13.8 Å². The summed E-state index contributed by atoms with van der Waals surface area (Å²) in [6, 6.07) is 8.08. The van der Waals surface area contributed by atoms with Gasteiger partial charge >= 0.3 is 6.09 Å². The molecule has 1 fully saturated rings. The van der Waals surface area contributed by atoms with Crippen LogP contribution in [0.15, 0.2) is 35.6 Å². The van der Waals surface area contributed by atoms with Crippen molar-refractivity contribution in [1.82, 2.24) is 29.5 Å². The van der Waals surface area contributed by atoms with Crippen molar-refractivity contribution in [3.8, 4) is 11.4 Å². The van der Waals surface area contributed by atoms with Crippen LogP contribution < -0.4 is 0 Å². The Bertz CT molecular complexity index is 1070. The van der Waals surface area contributed by atoms with Gasteiger partial charge < -0.3 is 24.1 Å². The van der Waals surface area contributed by atoms with Crippen LogP contribution in [-0.2, 0) is 16.1 Å². The van der Waals surface area contributed by atoms with Gasteiger partial charge in [-0.15, -0.1) is 10.2 Å². The largest absolute Gasteiger partial charge is 0.450 e. The number of nitrogens with zero attached hydrogens (tertiary/aromatic N) is 5. The van der Waals surface area contributed by atoms with Crippen LogP contribution in [0.25, 0.3) is 22.3 Å². The van der Waals surface area contributed by atoms with Gasteiger partial charge in [0.05, 0.1) is 12.4 Å². The van der Waals surface area contributed by atoms with Crippen molar-refractivity contribution in [2.75, 3.05) is 38.5 Å². The van der Waals surface area contributed by atoms with Crippen LogP contribution in [0.5, 0.6) is 0 Å². The molecule has 3 heterocycles. The number of ether oxygens (including phenoxy) is 1. The van der Waals surface area contributed by atoms with Gasteiger partial charge in [-0.3, -0.25) is 4.79 Å². The number of hydrogen-bond acceptors (Lipinski definition) is 6. The van der Waals surface area contributed by atoms with Gasteiger partial charge in [-0.2, -0.15) is 0 Å². The molecule has 1 aliphatic rings. The number of amides is 2. The number of thioether (sulfide) groups is 1. The fraction of sp³-hybridized carbons (Fsp3) is 0.429. The van der Waals surface area contributed by atoms with E-state index in [1.165, 1.54) is 11.8 Å². The molecule has 164 valence electrons. The lowest BCUT2D eigenvalue weighted by molar-refractivity contribution is -0.129. The van der Waals surface area contributed by atoms with Crippen LogP contribution >= 0.6 is 11.8 Å². The minimum absolute atomic E-state index is 0.0350. The van der Waals surface area contributed by atoms with Crippen LogP contribution in [0.2, 0.25) is 0 Å². The van der Waals surface area contributed by atoms with Gasteiger partial charge in [0.1, 0.15) is 0 Å². The van der Waals surface area contributed by atoms with E-state index in [2.05, 4.69) is 21.2 Å². The predicted molar refractivity (Wildman–Crippen MR) is 119 cm³/mol. The first kappa shape index (κ1) is 21.2. The molecule has 0 unspecified atom stereocenters. The molecule has 1 N–H and O–H groups in total. The number of carbonyl (C=O) groups is 2. The minimum atomic E-state index is -0.315. The summed E-state index contributed by atoms with van der Waals surface area (Å²) in [6.07, 6.45) is 1.63. The van der Waals surface area contributed by atoms with Gasteiger partial charge in [0, 0.05) is 55.4 Å². The number of piperazine rings is 1. The highest BCUT2D eigenvalue weighted by Crippen LogP contribution is 2.30. The Morgan fingerprint density at radius 3 is 2.58 bits per heavy atom. The van der Waals surface area contributed by atoms with E-state index in [1.807, 2.05) is 35.9 Å². The maximum atomic E-state index is 12.7. The summed E-state index contributed by atoms with van der Waals surface area (Å²) in [6.45, 7) is 6.90. The summed E-state index contributed by atoms with van der Waals surface area (Å²) in [5, 5.41) is 10.6. The molecule has 0 bridgehead atoms. The second kappa shape index (κ2) is 9.42.